The van der Waals surface area contributed by atoms with E-state index in [4.69, 9.17) is 11.5 Å². The fourth-order valence-corrected chi connectivity index (χ4v) is 3.09. The molecule has 0 radical (unpaired) electrons. The van der Waals surface area contributed by atoms with Crippen LogP contribution in [0.5, 0.6) is 0 Å². The third-order valence-electron chi connectivity index (χ3n) is 1.56. The largest absolute Gasteiger partial charge is 0.391 e. The molecule has 3 nitrogen and oxygen atoms in total. The quantitative estimate of drug-likeness (QED) is 0.731. The van der Waals surface area contributed by atoms with Crippen LogP contribution in [0.15, 0.2) is 11.4 Å². The Morgan fingerprint density at radius 2 is 2.25 bits per heavy atom. The van der Waals surface area contributed by atoms with Gasteiger partial charge in [-0.1, -0.05) is 0 Å². The second kappa shape index (κ2) is 2.46. The summed E-state index contributed by atoms with van der Waals surface area (Å²) in [6, 6.07) is 1.79. The highest BCUT2D eigenvalue weighted by Gasteiger charge is 2.10. The molecule has 0 aliphatic rings. The zero-order valence-electron chi connectivity index (χ0n) is 6.03. The van der Waals surface area contributed by atoms with Crippen LogP contribution in [0.3, 0.4) is 0 Å². The van der Waals surface area contributed by atoms with E-state index >= 15 is 0 Å². The van der Waals surface area contributed by atoms with E-state index in [2.05, 4.69) is 0 Å². The SMILES string of the molecule is NC(=O)c1csc2sc(N)cc12. The van der Waals surface area contributed by atoms with E-state index in [1.165, 1.54) is 22.7 Å². The summed E-state index contributed by atoms with van der Waals surface area (Å²) in [7, 11) is 0. The Kier molecular flexibility index (Phi) is 1.55. The highest BCUT2D eigenvalue weighted by molar-refractivity contribution is 7.39. The van der Waals surface area contributed by atoms with Crippen LogP contribution in [0.2, 0.25) is 0 Å². The first-order valence-electron chi connectivity index (χ1n) is 3.25. The van der Waals surface area contributed by atoms with Gasteiger partial charge in [0, 0.05) is 10.8 Å². The van der Waals surface area contributed by atoms with Gasteiger partial charge < -0.3 is 11.5 Å². The topological polar surface area (TPSA) is 69.1 Å². The number of hydrogen-bond donors (Lipinski definition) is 2. The van der Waals surface area contributed by atoms with E-state index in [0.29, 0.717) is 5.56 Å². The molecule has 0 aliphatic heterocycles. The molecule has 2 aromatic rings. The second-order valence-corrected chi connectivity index (χ2v) is 4.59. The minimum Gasteiger partial charge on any atom is -0.391 e. The van der Waals surface area contributed by atoms with Crippen LogP contribution in [0.4, 0.5) is 5.00 Å². The smallest absolute Gasteiger partial charge is 0.250 e. The molecule has 2 aromatic heterocycles. The van der Waals surface area contributed by atoms with Gasteiger partial charge in [0.15, 0.2) is 0 Å². The molecule has 0 saturated heterocycles. The zero-order chi connectivity index (χ0) is 8.72. The van der Waals surface area contributed by atoms with Gasteiger partial charge in [0.05, 0.1) is 14.6 Å². The second-order valence-electron chi connectivity index (χ2n) is 2.36. The maximum absolute atomic E-state index is 10.9. The molecule has 0 spiro atoms. The summed E-state index contributed by atoms with van der Waals surface area (Å²) in [5, 5.41) is 3.37. The maximum atomic E-state index is 10.9. The van der Waals surface area contributed by atoms with Gasteiger partial charge in [-0.05, 0) is 6.07 Å². The van der Waals surface area contributed by atoms with Crippen LogP contribution in [0, 0.1) is 0 Å². The number of hydrogen-bond acceptors (Lipinski definition) is 4. The number of primary amides is 1. The van der Waals surface area contributed by atoms with E-state index < -0.39 is 0 Å². The summed E-state index contributed by atoms with van der Waals surface area (Å²) >= 11 is 2.98. The molecule has 2 heterocycles. The fraction of sp³-hybridized carbons (Fsp3) is 0. The number of nitrogens with two attached hydrogens (primary N) is 2. The van der Waals surface area contributed by atoms with Crippen molar-refractivity contribution < 1.29 is 4.79 Å². The van der Waals surface area contributed by atoms with Crippen molar-refractivity contribution in [2.75, 3.05) is 5.73 Å². The lowest BCUT2D eigenvalue weighted by Gasteiger charge is -1.85. The molecule has 0 unspecified atom stereocenters. The van der Waals surface area contributed by atoms with Gasteiger partial charge >= 0.3 is 0 Å². The number of rotatable bonds is 1. The lowest BCUT2D eigenvalue weighted by molar-refractivity contribution is 0.100. The van der Waals surface area contributed by atoms with Crippen LogP contribution < -0.4 is 11.5 Å². The molecule has 1 amide bonds. The monoisotopic (exact) mass is 198 g/mol. The van der Waals surface area contributed by atoms with E-state index in [1.807, 2.05) is 0 Å². The Morgan fingerprint density at radius 1 is 1.50 bits per heavy atom. The average molecular weight is 198 g/mol. The molecule has 0 bridgehead atoms. The summed E-state index contributed by atoms with van der Waals surface area (Å²) in [5.74, 6) is -0.390. The number of thiophene rings is 2. The van der Waals surface area contributed by atoms with Crippen molar-refractivity contribution in [2.24, 2.45) is 5.73 Å². The van der Waals surface area contributed by atoms with Crippen molar-refractivity contribution >= 4 is 43.0 Å². The lowest BCUT2D eigenvalue weighted by atomic mass is 10.2. The molecule has 4 N–H and O–H groups in total. The minimum absolute atomic E-state index is 0.390. The van der Waals surface area contributed by atoms with Gasteiger partial charge in [-0.2, -0.15) is 0 Å². The molecule has 0 atom stereocenters. The molecular weight excluding hydrogens is 192 g/mol. The van der Waals surface area contributed by atoms with Gasteiger partial charge in [-0.25, -0.2) is 0 Å². The van der Waals surface area contributed by atoms with Crippen molar-refractivity contribution in [2.45, 2.75) is 0 Å². The summed E-state index contributed by atoms with van der Waals surface area (Å²) in [5.41, 5.74) is 11.3. The normalized spacial score (nSPS) is 10.7. The highest BCUT2D eigenvalue weighted by Crippen LogP contribution is 2.34. The third kappa shape index (κ3) is 0.981. The van der Waals surface area contributed by atoms with Crippen LogP contribution in [0.1, 0.15) is 10.4 Å². The molecule has 12 heavy (non-hydrogen) atoms. The van der Waals surface area contributed by atoms with E-state index in [0.717, 1.165) is 14.4 Å². The Balaban J connectivity index is 2.76. The lowest BCUT2D eigenvalue weighted by Crippen LogP contribution is -2.09. The van der Waals surface area contributed by atoms with Gasteiger partial charge in [-0.3, -0.25) is 4.79 Å². The number of nitrogen functional groups attached to an aromatic ring is 1. The van der Waals surface area contributed by atoms with Crippen LogP contribution in [-0.2, 0) is 0 Å². The Bertz CT molecular complexity index is 443. The number of fused-ring (bicyclic) bond motifs is 1. The molecule has 0 saturated carbocycles. The first-order chi connectivity index (χ1) is 5.68. The Morgan fingerprint density at radius 3 is 2.92 bits per heavy atom. The van der Waals surface area contributed by atoms with Gasteiger partial charge in [0.2, 0.25) is 5.91 Å². The van der Waals surface area contributed by atoms with Gasteiger partial charge in [-0.15, -0.1) is 22.7 Å². The van der Waals surface area contributed by atoms with Crippen molar-refractivity contribution in [3.05, 3.63) is 17.0 Å². The average Bonchev–Trinajstić information content (AvgIpc) is 2.43. The van der Waals surface area contributed by atoms with Gasteiger partial charge in [0.1, 0.15) is 0 Å². The molecule has 0 fully saturated rings. The standard InChI is InChI=1S/C7H6N2OS2/c8-5-1-3-4(6(9)10)2-11-7(3)12-5/h1-2H,8H2,(H2,9,10). The van der Waals surface area contributed by atoms with Crippen LogP contribution in [0.25, 0.3) is 9.40 Å². The molecule has 5 heteroatoms. The van der Waals surface area contributed by atoms with E-state index in [-0.39, 0.29) is 5.91 Å². The predicted molar refractivity (Wildman–Crippen MR) is 52.6 cm³/mol. The minimum atomic E-state index is -0.390. The van der Waals surface area contributed by atoms with Crippen LogP contribution in [-0.4, -0.2) is 5.91 Å². The highest BCUT2D eigenvalue weighted by atomic mass is 32.2. The maximum Gasteiger partial charge on any atom is 0.250 e. The van der Waals surface area contributed by atoms with E-state index in [1.54, 1.807) is 11.4 Å². The first-order valence-corrected chi connectivity index (χ1v) is 4.94. The molecule has 0 aliphatic carbocycles. The zero-order valence-corrected chi connectivity index (χ0v) is 7.67. The predicted octanol–water partition coefficient (Wildman–Crippen LogP) is 1.64. The summed E-state index contributed by atoms with van der Waals surface area (Å²) in [4.78, 5) is 10.9. The van der Waals surface area contributed by atoms with Crippen molar-refractivity contribution in [1.82, 2.24) is 0 Å². The number of carbonyl (C=O) groups is 1. The first kappa shape index (κ1) is 7.57. The summed E-state index contributed by atoms with van der Waals surface area (Å²) < 4.78 is 1.06. The molecule has 2 rings (SSSR count). The molecule has 62 valence electrons. The number of carbonyl (C=O) groups excluding carboxylic acids is 1. The van der Waals surface area contributed by atoms with Crippen molar-refractivity contribution in [1.29, 1.82) is 0 Å². The number of anilines is 1. The summed E-state index contributed by atoms with van der Waals surface area (Å²) in [6.07, 6.45) is 0. The van der Waals surface area contributed by atoms with Crippen molar-refractivity contribution in [3.63, 3.8) is 0 Å². The summed E-state index contributed by atoms with van der Waals surface area (Å²) in [6.45, 7) is 0. The Labute approximate surface area is 76.6 Å². The van der Waals surface area contributed by atoms with Gasteiger partial charge in [0.25, 0.3) is 0 Å². The number of amides is 1. The van der Waals surface area contributed by atoms with Crippen molar-refractivity contribution in [3.8, 4) is 0 Å². The Hall–Kier alpha value is -1.07. The molecule has 0 aromatic carbocycles. The van der Waals surface area contributed by atoms with Crippen LogP contribution >= 0.6 is 22.7 Å². The fourth-order valence-electron chi connectivity index (χ4n) is 1.03. The third-order valence-corrected chi connectivity index (χ3v) is 3.64. The van der Waals surface area contributed by atoms with E-state index in [9.17, 15) is 4.79 Å². The molecular formula is C7H6N2OS2.